The minimum absolute atomic E-state index is 0.0524. The molecule has 0 aliphatic heterocycles. The molecule has 0 aromatic heterocycles. The molecule has 0 aliphatic carbocycles. The van der Waals surface area contributed by atoms with E-state index in [2.05, 4.69) is 5.32 Å². The topological polar surface area (TPSA) is 86.8 Å². The number of nitrogens with one attached hydrogen (secondary N) is 1. The Morgan fingerprint density at radius 2 is 1.53 bits per heavy atom. The third-order valence-corrected chi connectivity index (χ3v) is 8.66. The maximum absolute atomic E-state index is 13.9. The Kier molecular flexibility index (Phi) is 9.82. The van der Waals surface area contributed by atoms with Crippen LogP contribution in [0.2, 0.25) is 10.0 Å². The van der Waals surface area contributed by atoms with Gasteiger partial charge in [0.15, 0.2) is 0 Å². The fraction of sp³-hybridized carbons (Fsp3) is 0.286. The Labute approximate surface area is 234 Å². The number of hydrogen-bond acceptors (Lipinski definition) is 4. The predicted molar refractivity (Wildman–Crippen MR) is 152 cm³/mol. The van der Waals surface area contributed by atoms with Crippen LogP contribution in [0.15, 0.2) is 71.6 Å². The summed E-state index contributed by atoms with van der Waals surface area (Å²) in [6.07, 6.45) is 0. The zero-order valence-corrected chi connectivity index (χ0v) is 24.1. The lowest BCUT2D eigenvalue weighted by atomic mass is 10.1. The average molecular weight is 577 g/mol. The van der Waals surface area contributed by atoms with Crippen molar-refractivity contribution < 1.29 is 18.0 Å². The molecule has 7 nitrogen and oxygen atoms in total. The number of aryl methyl sites for hydroxylation is 2. The molecule has 3 aromatic rings. The Bertz CT molecular complexity index is 1390. The van der Waals surface area contributed by atoms with E-state index in [0.29, 0.717) is 33.4 Å². The number of carbonyl (C=O) groups is 2. The van der Waals surface area contributed by atoms with Gasteiger partial charge in [0, 0.05) is 28.7 Å². The van der Waals surface area contributed by atoms with E-state index in [4.69, 9.17) is 23.2 Å². The molecular weight excluding hydrogens is 545 g/mol. The van der Waals surface area contributed by atoms with Crippen LogP contribution in [0.25, 0.3) is 0 Å². The largest absolute Gasteiger partial charge is 0.355 e. The van der Waals surface area contributed by atoms with Gasteiger partial charge < -0.3 is 10.2 Å². The summed E-state index contributed by atoms with van der Waals surface area (Å²) in [5, 5.41) is 3.39. The van der Waals surface area contributed by atoms with E-state index in [1.54, 1.807) is 75.4 Å². The summed E-state index contributed by atoms with van der Waals surface area (Å²) in [6, 6.07) is 17.4. The Balaban J connectivity index is 2.08. The second kappa shape index (κ2) is 12.7. The van der Waals surface area contributed by atoms with Gasteiger partial charge in [0.1, 0.15) is 12.6 Å². The molecule has 0 fully saturated rings. The number of benzene rings is 3. The lowest BCUT2D eigenvalue weighted by molar-refractivity contribution is -0.139. The highest BCUT2D eigenvalue weighted by Gasteiger charge is 2.33. The van der Waals surface area contributed by atoms with Crippen molar-refractivity contribution >= 4 is 50.7 Å². The van der Waals surface area contributed by atoms with Crippen LogP contribution in [0.3, 0.4) is 0 Å². The van der Waals surface area contributed by atoms with Gasteiger partial charge in [-0.1, -0.05) is 65.2 Å². The summed E-state index contributed by atoms with van der Waals surface area (Å²) in [4.78, 5) is 28.1. The summed E-state index contributed by atoms with van der Waals surface area (Å²) in [6.45, 7) is 6.75. The van der Waals surface area contributed by atoms with Crippen LogP contribution in [0.5, 0.6) is 0 Å². The molecule has 1 unspecified atom stereocenters. The van der Waals surface area contributed by atoms with Crippen molar-refractivity contribution in [1.82, 2.24) is 10.2 Å². The van der Waals surface area contributed by atoms with Crippen LogP contribution in [0.4, 0.5) is 5.69 Å². The van der Waals surface area contributed by atoms with Gasteiger partial charge in [0.2, 0.25) is 11.8 Å². The third-order valence-electron chi connectivity index (χ3n) is 6.18. The van der Waals surface area contributed by atoms with Crippen molar-refractivity contribution in [3.63, 3.8) is 0 Å². The summed E-state index contributed by atoms with van der Waals surface area (Å²) >= 11 is 12.8. The number of halogens is 2. The highest BCUT2D eigenvalue weighted by molar-refractivity contribution is 7.92. The van der Waals surface area contributed by atoms with Crippen LogP contribution in [-0.4, -0.2) is 44.3 Å². The Morgan fingerprint density at radius 1 is 0.921 bits per heavy atom. The standard InChI is InChI=1S/C28H31Cl2N3O4S/c1-5-31-28(35)21(4)32(17-23-24(29)10-8-11-25(23)30)27(34)18-33(26-12-7-6-9-20(26)3)38(36,37)22-15-13-19(2)14-16-22/h6-16,21H,5,17-18H2,1-4H3,(H,31,35). The molecule has 10 heteroatoms. The van der Waals surface area contributed by atoms with Crippen molar-refractivity contribution in [3.8, 4) is 0 Å². The molecular formula is C28H31Cl2N3O4S. The fourth-order valence-electron chi connectivity index (χ4n) is 3.95. The smallest absolute Gasteiger partial charge is 0.264 e. The first-order chi connectivity index (χ1) is 18.0. The summed E-state index contributed by atoms with van der Waals surface area (Å²) < 4.78 is 28.8. The highest BCUT2D eigenvalue weighted by atomic mass is 35.5. The van der Waals surface area contributed by atoms with E-state index < -0.39 is 28.5 Å². The van der Waals surface area contributed by atoms with E-state index in [9.17, 15) is 18.0 Å². The van der Waals surface area contributed by atoms with Crippen molar-refractivity contribution in [2.75, 3.05) is 17.4 Å². The molecule has 3 aromatic carbocycles. The number of likely N-dealkylation sites (N-methyl/N-ethyl adjacent to an activating group) is 1. The van der Waals surface area contributed by atoms with Gasteiger partial charge in [-0.2, -0.15) is 0 Å². The normalized spacial score (nSPS) is 12.1. The van der Waals surface area contributed by atoms with Crippen LogP contribution >= 0.6 is 23.2 Å². The number of rotatable bonds is 10. The Morgan fingerprint density at radius 3 is 2.11 bits per heavy atom. The van der Waals surface area contributed by atoms with E-state index in [0.717, 1.165) is 9.87 Å². The molecule has 0 aliphatic rings. The summed E-state index contributed by atoms with van der Waals surface area (Å²) in [5.74, 6) is -0.966. The zero-order chi connectivity index (χ0) is 28.0. The second-order valence-corrected chi connectivity index (χ2v) is 11.6. The summed E-state index contributed by atoms with van der Waals surface area (Å²) in [7, 11) is -4.13. The molecule has 0 spiro atoms. The minimum atomic E-state index is -4.13. The molecule has 0 radical (unpaired) electrons. The van der Waals surface area contributed by atoms with Crippen LogP contribution in [-0.2, 0) is 26.2 Å². The van der Waals surface area contributed by atoms with Gasteiger partial charge in [-0.05, 0) is 63.6 Å². The van der Waals surface area contributed by atoms with Gasteiger partial charge in [-0.25, -0.2) is 8.42 Å². The molecule has 1 atom stereocenters. The number of anilines is 1. The molecule has 202 valence electrons. The third kappa shape index (κ3) is 6.67. The van der Waals surface area contributed by atoms with Gasteiger partial charge >= 0.3 is 0 Å². The average Bonchev–Trinajstić information content (AvgIpc) is 2.87. The van der Waals surface area contributed by atoms with E-state index >= 15 is 0 Å². The van der Waals surface area contributed by atoms with Crippen molar-refractivity contribution in [3.05, 3.63) is 93.5 Å². The van der Waals surface area contributed by atoms with Crippen molar-refractivity contribution in [2.45, 2.75) is 45.2 Å². The quantitative estimate of drug-likeness (QED) is 0.352. The first-order valence-corrected chi connectivity index (χ1v) is 14.3. The predicted octanol–water partition coefficient (Wildman–Crippen LogP) is 5.36. The number of nitrogens with zero attached hydrogens (tertiary/aromatic N) is 2. The van der Waals surface area contributed by atoms with Crippen LogP contribution in [0.1, 0.15) is 30.5 Å². The Hall–Kier alpha value is -3.07. The molecule has 1 N–H and O–H groups in total. The zero-order valence-electron chi connectivity index (χ0n) is 21.7. The fourth-order valence-corrected chi connectivity index (χ4v) is 5.95. The minimum Gasteiger partial charge on any atom is -0.355 e. The second-order valence-electron chi connectivity index (χ2n) is 8.90. The summed E-state index contributed by atoms with van der Waals surface area (Å²) in [5.41, 5.74) is 2.40. The molecule has 0 heterocycles. The number of sulfonamides is 1. The highest BCUT2D eigenvalue weighted by Crippen LogP contribution is 2.29. The first-order valence-electron chi connectivity index (χ1n) is 12.1. The first kappa shape index (κ1) is 29.5. The monoisotopic (exact) mass is 575 g/mol. The van der Waals surface area contributed by atoms with E-state index in [-0.39, 0.29) is 17.3 Å². The van der Waals surface area contributed by atoms with E-state index in [1.165, 1.54) is 17.0 Å². The molecule has 0 saturated carbocycles. The number of carbonyl (C=O) groups excluding carboxylic acids is 2. The van der Waals surface area contributed by atoms with Crippen LogP contribution in [0, 0.1) is 13.8 Å². The lowest BCUT2D eigenvalue weighted by Gasteiger charge is -2.32. The number of para-hydroxylation sites is 1. The molecule has 38 heavy (non-hydrogen) atoms. The van der Waals surface area contributed by atoms with Crippen molar-refractivity contribution in [1.29, 1.82) is 0 Å². The van der Waals surface area contributed by atoms with Gasteiger partial charge in [-0.3, -0.25) is 13.9 Å². The van der Waals surface area contributed by atoms with Crippen LogP contribution < -0.4 is 9.62 Å². The van der Waals surface area contributed by atoms with E-state index in [1.807, 2.05) is 6.92 Å². The number of amides is 2. The molecule has 2 amide bonds. The van der Waals surface area contributed by atoms with Gasteiger partial charge in [-0.15, -0.1) is 0 Å². The van der Waals surface area contributed by atoms with Gasteiger partial charge in [0.05, 0.1) is 10.6 Å². The lowest BCUT2D eigenvalue weighted by Crippen LogP contribution is -2.51. The van der Waals surface area contributed by atoms with Crippen molar-refractivity contribution in [2.24, 2.45) is 0 Å². The number of hydrogen-bond donors (Lipinski definition) is 1. The SMILES string of the molecule is CCNC(=O)C(C)N(Cc1c(Cl)cccc1Cl)C(=O)CN(c1ccccc1C)S(=O)(=O)c1ccc(C)cc1. The molecule has 3 rings (SSSR count). The molecule has 0 bridgehead atoms. The maximum atomic E-state index is 13.9. The maximum Gasteiger partial charge on any atom is 0.264 e. The molecule has 0 saturated heterocycles. The van der Waals surface area contributed by atoms with Gasteiger partial charge in [0.25, 0.3) is 10.0 Å².